The van der Waals surface area contributed by atoms with Crippen LogP contribution in [0.3, 0.4) is 0 Å². The molecule has 1 saturated heterocycles. The lowest BCUT2D eigenvalue weighted by Crippen LogP contribution is -2.36. The summed E-state index contributed by atoms with van der Waals surface area (Å²) in [5.74, 6) is 1.74. The number of amides is 1. The Hall–Kier alpha value is -2.85. The average molecular weight is 442 g/mol. The number of fused-ring (bicyclic) bond motifs is 1. The molecule has 3 aromatic rings. The second-order valence-corrected chi connectivity index (χ2v) is 9.08. The monoisotopic (exact) mass is 441 g/mol. The van der Waals surface area contributed by atoms with Crippen LogP contribution in [0.1, 0.15) is 24.3 Å². The number of hydrogen-bond donors (Lipinski definition) is 1. The van der Waals surface area contributed by atoms with Crippen LogP contribution in [0.25, 0.3) is 21.6 Å². The maximum absolute atomic E-state index is 12.4. The molecule has 0 radical (unpaired) electrons. The molecule has 31 heavy (non-hydrogen) atoms. The Balaban J connectivity index is 1.81. The van der Waals surface area contributed by atoms with Gasteiger partial charge in [-0.2, -0.15) is 0 Å². The highest BCUT2D eigenvalue weighted by molar-refractivity contribution is 7.19. The van der Waals surface area contributed by atoms with Gasteiger partial charge in [0.2, 0.25) is 11.9 Å². The molecule has 0 spiro atoms. The lowest BCUT2D eigenvalue weighted by Gasteiger charge is -2.28. The van der Waals surface area contributed by atoms with E-state index in [0.29, 0.717) is 31.1 Å². The molecule has 10 heteroatoms. The number of aromatic nitrogens is 4. The summed E-state index contributed by atoms with van der Waals surface area (Å²) in [5, 5.41) is 0. The first kappa shape index (κ1) is 21.4. The Bertz CT molecular complexity index is 1090. The van der Waals surface area contributed by atoms with E-state index in [9.17, 15) is 4.79 Å². The van der Waals surface area contributed by atoms with E-state index in [-0.39, 0.29) is 17.8 Å². The van der Waals surface area contributed by atoms with Crippen molar-refractivity contribution in [2.45, 2.75) is 27.3 Å². The third-order valence-electron chi connectivity index (χ3n) is 5.34. The molecule has 164 valence electrons. The van der Waals surface area contributed by atoms with E-state index in [1.807, 2.05) is 20.9 Å². The van der Waals surface area contributed by atoms with Gasteiger partial charge in [0.05, 0.1) is 35.5 Å². The highest BCUT2D eigenvalue weighted by atomic mass is 32.1. The van der Waals surface area contributed by atoms with Gasteiger partial charge >= 0.3 is 0 Å². The zero-order valence-corrected chi connectivity index (χ0v) is 19.1. The van der Waals surface area contributed by atoms with E-state index in [4.69, 9.17) is 20.4 Å². The molecule has 1 fully saturated rings. The minimum absolute atomic E-state index is 0.0412. The van der Waals surface area contributed by atoms with Crippen molar-refractivity contribution < 1.29 is 9.53 Å². The van der Waals surface area contributed by atoms with E-state index < -0.39 is 0 Å². The Morgan fingerprint density at radius 1 is 1.26 bits per heavy atom. The second kappa shape index (κ2) is 8.72. The summed E-state index contributed by atoms with van der Waals surface area (Å²) in [7, 11) is 1.85. The first-order valence-corrected chi connectivity index (χ1v) is 11.1. The minimum Gasteiger partial charge on any atom is -0.378 e. The molecule has 1 aliphatic heterocycles. The highest BCUT2D eigenvalue weighted by Gasteiger charge is 2.23. The number of hydrogen-bond acceptors (Lipinski definition) is 9. The molecule has 0 aliphatic carbocycles. The summed E-state index contributed by atoms with van der Waals surface area (Å²) in [6.07, 6.45) is 3.29. The van der Waals surface area contributed by atoms with Gasteiger partial charge in [-0.05, 0) is 12.5 Å². The molecule has 0 unspecified atom stereocenters. The van der Waals surface area contributed by atoms with E-state index in [2.05, 4.69) is 21.8 Å². The topological polar surface area (TPSA) is 110 Å². The molecule has 1 aliphatic rings. The van der Waals surface area contributed by atoms with Gasteiger partial charge < -0.3 is 20.3 Å². The summed E-state index contributed by atoms with van der Waals surface area (Å²) in [5.41, 5.74) is 8.32. The molecule has 0 saturated carbocycles. The van der Waals surface area contributed by atoms with Crippen LogP contribution in [-0.2, 0) is 16.1 Å². The molecule has 4 rings (SSSR count). The average Bonchev–Trinajstić information content (AvgIpc) is 3.09. The maximum atomic E-state index is 12.4. The minimum atomic E-state index is -0.0412. The number of aryl methyl sites for hydroxylation is 1. The molecule has 2 N–H and O–H groups in total. The van der Waals surface area contributed by atoms with Crippen LogP contribution < -0.4 is 10.6 Å². The molecule has 4 heterocycles. The summed E-state index contributed by atoms with van der Waals surface area (Å²) in [4.78, 5) is 35.5. The van der Waals surface area contributed by atoms with Crippen LogP contribution in [0.4, 0.5) is 11.8 Å². The van der Waals surface area contributed by atoms with Crippen molar-refractivity contribution in [1.29, 1.82) is 0 Å². The number of rotatable bonds is 5. The van der Waals surface area contributed by atoms with Crippen molar-refractivity contribution >= 4 is 39.2 Å². The number of anilines is 2. The van der Waals surface area contributed by atoms with E-state index >= 15 is 0 Å². The summed E-state index contributed by atoms with van der Waals surface area (Å²) in [6, 6.07) is 0. The van der Waals surface area contributed by atoms with Crippen molar-refractivity contribution in [2.75, 3.05) is 44.0 Å². The predicted octanol–water partition coefficient (Wildman–Crippen LogP) is 2.49. The molecule has 9 nitrogen and oxygen atoms in total. The fourth-order valence-electron chi connectivity index (χ4n) is 3.58. The smallest absolute Gasteiger partial charge is 0.225 e. The Morgan fingerprint density at radius 3 is 2.58 bits per heavy atom. The fraction of sp³-hybridized carbons (Fsp3) is 0.476. The van der Waals surface area contributed by atoms with Crippen molar-refractivity contribution in [1.82, 2.24) is 24.8 Å². The van der Waals surface area contributed by atoms with Gasteiger partial charge in [0.25, 0.3) is 0 Å². The van der Waals surface area contributed by atoms with Gasteiger partial charge in [-0.1, -0.05) is 13.8 Å². The first-order valence-electron chi connectivity index (χ1n) is 10.3. The number of nitrogen functional groups attached to an aromatic ring is 1. The summed E-state index contributed by atoms with van der Waals surface area (Å²) < 4.78 is 6.56. The van der Waals surface area contributed by atoms with Crippen LogP contribution >= 0.6 is 11.3 Å². The quantitative estimate of drug-likeness (QED) is 0.643. The second-order valence-electron chi connectivity index (χ2n) is 7.98. The van der Waals surface area contributed by atoms with Crippen molar-refractivity contribution in [3.05, 3.63) is 22.8 Å². The van der Waals surface area contributed by atoms with Crippen LogP contribution in [0.2, 0.25) is 0 Å². The molecule has 3 aromatic heterocycles. The van der Waals surface area contributed by atoms with Crippen molar-refractivity contribution in [3.63, 3.8) is 0 Å². The number of thiophene rings is 1. The molecule has 0 bridgehead atoms. The maximum Gasteiger partial charge on any atom is 0.225 e. The normalized spacial score (nSPS) is 14.4. The van der Waals surface area contributed by atoms with Crippen molar-refractivity contribution in [3.8, 4) is 11.4 Å². The van der Waals surface area contributed by atoms with E-state index in [1.54, 1.807) is 28.6 Å². The highest BCUT2D eigenvalue weighted by Crippen LogP contribution is 2.38. The Kier molecular flexibility index (Phi) is 6.01. The SMILES string of the molecule is Cc1c(CN(C)C(=O)C(C)C)sc2c(N3CCOCC3)nc(-c3cnc(N)nc3)nc12. The van der Waals surface area contributed by atoms with Crippen LogP contribution in [0.5, 0.6) is 0 Å². The van der Waals surface area contributed by atoms with Gasteiger partial charge in [-0.25, -0.2) is 19.9 Å². The first-order chi connectivity index (χ1) is 14.8. The van der Waals surface area contributed by atoms with E-state index in [0.717, 1.165) is 39.6 Å². The standard InChI is InChI=1S/C21H27N7O2S/c1-12(2)20(29)27(4)11-15-13(3)16-17(31-15)19(28-5-7-30-8-6-28)26-18(25-16)14-9-23-21(22)24-10-14/h9-10,12H,5-8,11H2,1-4H3,(H2,22,23,24). The lowest BCUT2D eigenvalue weighted by molar-refractivity contribution is -0.133. The number of nitrogens with zero attached hydrogens (tertiary/aromatic N) is 6. The largest absolute Gasteiger partial charge is 0.378 e. The number of nitrogens with two attached hydrogens (primary N) is 1. The number of carbonyl (C=O) groups is 1. The van der Waals surface area contributed by atoms with Crippen molar-refractivity contribution in [2.24, 2.45) is 5.92 Å². The van der Waals surface area contributed by atoms with Crippen LogP contribution in [-0.4, -0.2) is 64.1 Å². The third-order valence-corrected chi connectivity index (χ3v) is 6.60. The Morgan fingerprint density at radius 2 is 1.94 bits per heavy atom. The van der Waals surface area contributed by atoms with Gasteiger partial charge in [-0.3, -0.25) is 4.79 Å². The predicted molar refractivity (Wildman–Crippen MR) is 122 cm³/mol. The molecular formula is C21H27N7O2S. The zero-order valence-electron chi connectivity index (χ0n) is 18.3. The zero-order chi connectivity index (χ0) is 22.1. The van der Waals surface area contributed by atoms with Gasteiger partial charge in [0.15, 0.2) is 11.6 Å². The summed E-state index contributed by atoms with van der Waals surface area (Å²) >= 11 is 1.66. The number of carbonyl (C=O) groups excluding carboxylic acids is 1. The number of morpholine rings is 1. The van der Waals surface area contributed by atoms with Crippen LogP contribution in [0.15, 0.2) is 12.4 Å². The molecular weight excluding hydrogens is 414 g/mol. The van der Waals surface area contributed by atoms with Gasteiger partial charge in [0, 0.05) is 43.3 Å². The molecule has 0 aromatic carbocycles. The van der Waals surface area contributed by atoms with Gasteiger partial charge in [0.1, 0.15) is 0 Å². The fourth-order valence-corrected chi connectivity index (χ4v) is 4.89. The molecule has 1 amide bonds. The molecule has 0 atom stereocenters. The van der Waals surface area contributed by atoms with Gasteiger partial charge in [-0.15, -0.1) is 11.3 Å². The lowest BCUT2D eigenvalue weighted by atomic mass is 10.2. The van der Waals surface area contributed by atoms with E-state index in [1.165, 1.54) is 0 Å². The Labute approximate surface area is 185 Å². The number of ether oxygens (including phenoxy) is 1. The summed E-state index contributed by atoms with van der Waals surface area (Å²) in [6.45, 7) is 9.29. The van der Waals surface area contributed by atoms with Crippen LogP contribution in [0, 0.1) is 12.8 Å². The third kappa shape index (κ3) is 4.31.